The van der Waals surface area contributed by atoms with Crippen LogP contribution in [0, 0.1) is 0 Å². The van der Waals surface area contributed by atoms with Crippen molar-refractivity contribution >= 4 is 23.1 Å². The van der Waals surface area contributed by atoms with Gasteiger partial charge in [-0.3, -0.25) is 14.6 Å². The number of amides is 1. The monoisotopic (exact) mass is 471 g/mol. The van der Waals surface area contributed by atoms with Crippen LogP contribution >= 0.6 is 0 Å². The number of pyridine rings is 1. The van der Waals surface area contributed by atoms with Crippen molar-refractivity contribution in [2.24, 2.45) is 0 Å². The molecule has 4 rings (SSSR count). The number of nitrogens with zero attached hydrogens (tertiary/aromatic N) is 3. The van der Waals surface area contributed by atoms with Gasteiger partial charge in [0.2, 0.25) is 0 Å². The molecule has 0 spiro atoms. The van der Waals surface area contributed by atoms with Crippen molar-refractivity contribution < 1.29 is 19.4 Å². The summed E-state index contributed by atoms with van der Waals surface area (Å²) in [5.74, 6) is -0.918. The summed E-state index contributed by atoms with van der Waals surface area (Å²) in [5, 5.41) is 11.2. The first-order chi connectivity index (χ1) is 16.9. The Bertz CT molecular complexity index is 1220. The van der Waals surface area contributed by atoms with Crippen molar-refractivity contribution in [3.05, 3.63) is 95.3 Å². The molecule has 1 amide bonds. The molecular weight excluding hydrogens is 442 g/mol. The van der Waals surface area contributed by atoms with E-state index in [-0.39, 0.29) is 17.9 Å². The molecular formula is C28H29N3O4. The molecule has 2 heterocycles. The largest absolute Gasteiger partial charge is 0.507 e. The van der Waals surface area contributed by atoms with Gasteiger partial charge in [-0.2, -0.15) is 0 Å². The standard InChI is InChI=1S/C28H29N3O4/c1-4-17-35-23-14-10-20(11-15-23)26(32)24-25(19-8-12-22(13-9-19)30(2)3)31(28(34)27(24)33)18-21-7-5-6-16-29-21/h5-16,25,32H,4,17-18H2,1-3H3/b26-24-. The normalized spacial score (nSPS) is 17.0. The Morgan fingerprint density at radius 1 is 1.03 bits per heavy atom. The van der Waals surface area contributed by atoms with Gasteiger partial charge in [0.05, 0.1) is 30.5 Å². The lowest BCUT2D eigenvalue weighted by Gasteiger charge is -2.25. The molecule has 1 unspecified atom stereocenters. The molecule has 1 N–H and O–H groups in total. The Balaban J connectivity index is 1.78. The van der Waals surface area contributed by atoms with Crippen molar-refractivity contribution in [3.8, 4) is 5.75 Å². The summed E-state index contributed by atoms with van der Waals surface area (Å²) < 4.78 is 5.62. The van der Waals surface area contributed by atoms with Crippen molar-refractivity contribution in [1.29, 1.82) is 0 Å². The highest BCUT2D eigenvalue weighted by atomic mass is 16.5. The fourth-order valence-electron chi connectivity index (χ4n) is 4.10. The first-order valence-electron chi connectivity index (χ1n) is 11.6. The van der Waals surface area contributed by atoms with E-state index in [0.717, 1.165) is 17.7 Å². The topological polar surface area (TPSA) is 83.0 Å². The summed E-state index contributed by atoms with van der Waals surface area (Å²) >= 11 is 0. The molecule has 3 aromatic rings. The highest BCUT2D eigenvalue weighted by Gasteiger charge is 2.46. The van der Waals surface area contributed by atoms with E-state index in [1.807, 2.05) is 56.3 Å². The number of carbonyl (C=O) groups is 2. The molecule has 7 heteroatoms. The minimum absolute atomic E-state index is 0.0609. The second-order valence-electron chi connectivity index (χ2n) is 8.61. The maximum absolute atomic E-state index is 13.2. The third-order valence-electron chi connectivity index (χ3n) is 5.92. The van der Waals surface area contributed by atoms with Gasteiger partial charge in [-0.15, -0.1) is 0 Å². The van der Waals surface area contributed by atoms with Gasteiger partial charge in [-0.05, 0) is 60.5 Å². The van der Waals surface area contributed by atoms with E-state index in [1.165, 1.54) is 4.90 Å². The van der Waals surface area contributed by atoms with Crippen LogP contribution in [0.1, 0.15) is 36.2 Å². The molecule has 2 aromatic carbocycles. The van der Waals surface area contributed by atoms with Gasteiger partial charge in [0.25, 0.3) is 11.7 Å². The fourth-order valence-corrected chi connectivity index (χ4v) is 4.10. The van der Waals surface area contributed by atoms with Gasteiger partial charge in [-0.25, -0.2) is 0 Å². The van der Waals surface area contributed by atoms with Crippen molar-refractivity contribution in [3.63, 3.8) is 0 Å². The third kappa shape index (κ3) is 5.04. The number of anilines is 1. The van der Waals surface area contributed by atoms with Gasteiger partial charge in [0.15, 0.2) is 0 Å². The minimum Gasteiger partial charge on any atom is -0.507 e. The van der Waals surface area contributed by atoms with Crippen LogP contribution in [-0.2, 0) is 16.1 Å². The number of likely N-dealkylation sites (tertiary alicyclic amines) is 1. The van der Waals surface area contributed by atoms with Crippen molar-refractivity contribution in [2.45, 2.75) is 25.9 Å². The summed E-state index contributed by atoms with van der Waals surface area (Å²) in [6.07, 6.45) is 2.53. The highest BCUT2D eigenvalue weighted by Crippen LogP contribution is 2.40. The van der Waals surface area contributed by atoms with E-state index in [4.69, 9.17) is 4.74 Å². The number of carbonyl (C=O) groups excluding carboxylic acids is 2. The van der Waals surface area contributed by atoms with Crippen LogP contribution < -0.4 is 9.64 Å². The molecule has 0 bridgehead atoms. The summed E-state index contributed by atoms with van der Waals surface area (Å²) in [6, 6.07) is 19.2. The van der Waals surface area contributed by atoms with Crippen LogP contribution in [0.15, 0.2) is 78.5 Å². The number of rotatable bonds is 8. The maximum atomic E-state index is 13.2. The summed E-state index contributed by atoms with van der Waals surface area (Å²) in [7, 11) is 3.88. The van der Waals surface area contributed by atoms with Crippen LogP contribution in [0.25, 0.3) is 5.76 Å². The summed E-state index contributed by atoms with van der Waals surface area (Å²) in [5.41, 5.74) is 2.88. The van der Waals surface area contributed by atoms with Crippen molar-refractivity contribution in [1.82, 2.24) is 9.88 Å². The third-order valence-corrected chi connectivity index (χ3v) is 5.92. The Morgan fingerprint density at radius 3 is 2.34 bits per heavy atom. The second kappa shape index (κ2) is 10.4. The number of aromatic nitrogens is 1. The van der Waals surface area contributed by atoms with E-state index >= 15 is 0 Å². The summed E-state index contributed by atoms with van der Waals surface area (Å²) in [6.45, 7) is 2.76. The zero-order valence-corrected chi connectivity index (χ0v) is 20.1. The molecule has 1 saturated heterocycles. The van der Waals surface area contributed by atoms with Gasteiger partial charge < -0.3 is 19.6 Å². The number of benzene rings is 2. The zero-order chi connectivity index (χ0) is 24.9. The predicted molar refractivity (Wildman–Crippen MR) is 135 cm³/mol. The fraction of sp³-hybridized carbons (Fsp3) is 0.250. The lowest BCUT2D eigenvalue weighted by atomic mass is 9.95. The molecule has 35 heavy (non-hydrogen) atoms. The van der Waals surface area contributed by atoms with Crippen LogP contribution in [-0.4, -0.2) is 47.4 Å². The zero-order valence-electron chi connectivity index (χ0n) is 20.1. The quantitative estimate of drug-likeness (QED) is 0.295. The lowest BCUT2D eigenvalue weighted by molar-refractivity contribution is -0.140. The number of hydrogen-bond donors (Lipinski definition) is 1. The average Bonchev–Trinajstić information content (AvgIpc) is 3.13. The van der Waals surface area contributed by atoms with Gasteiger partial charge in [0.1, 0.15) is 11.5 Å². The Morgan fingerprint density at radius 2 is 1.74 bits per heavy atom. The molecule has 7 nitrogen and oxygen atoms in total. The number of aliphatic hydroxyl groups excluding tert-OH is 1. The van der Waals surface area contributed by atoms with Crippen LogP contribution in [0.5, 0.6) is 5.75 Å². The molecule has 1 fully saturated rings. The molecule has 1 aliphatic heterocycles. The molecule has 1 aromatic heterocycles. The second-order valence-corrected chi connectivity index (χ2v) is 8.61. The first-order valence-corrected chi connectivity index (χ1v) is 11.6. The van der Waals surface area contributed by atoms with Crippen molar-refractivity contribution in [2.75, 3.05) is 25.6 Å². The molecule has 0 saturated carbocycles. The van der Waals surface area contributed by atoms with Gasteiger partial charge in [0, 0.05) is 31.5 Å². The summed E-state index contributed by atoms with van der Waals surface area (Å²) in [4.78, 5) is 34.2. The Hall–Kier alpha value is -4.13. The Labute approximate surface area is 205 Å². The van der Waals surface area contributed by atoms with E-state index < -0.39 is 17.7 Å². The Kier molecular flexibility index (Phi) is 7.15. The lowest BCUT2D eigenvalue weighted by Crippen LogP contribution is -2.29. The number of aliphatic hydroxyl groups is 1. The van der Waals surface area contributed by atoms with Gasteiger partial charge in [-0.1, -0.05) is 25.1 Å². The van der Waals surface area contributed by atoms with E-state index in [1.54, 1.807) is 42.6 Å². The van der Waals surface area contributed by atoms with Crippen LogP contribution in [0.2, 0.25) is 0 Å². The molecule has 1 atom stereocenters. The molecule has 0 aliphatic carbocycles. The van der Waals surface area contributed by atoms with Crippen LogP contribution in [0.3, 0.4) is 0 Å². The first kappa shape index (κ1) is 24.0. The average molecular weight is 472 g/mol. The van der Waals surface area contributed by atoms with Gasteiger partial charge >= 0.3 is 0 Å². The predicted octanol–water partition coefficient (Wildman–Crippen LogP) is 4.56. The highest BCUT2D eigenvalue weighted by molar-refractivity contribution is 6.46. The van der Waals surface area contributed by atoms with E-state index in [2.05, 4.69) is 4.98 Å². The van der Waals surface area contributed by atoms with E-state index in [9.17, 15) is 14.7 Å². The number of ether oxygens (including phenoxy) is 1. The number of ketones is 1. The minimum atomic E-state index is -0.746. The maximum Gasteiger partial charge on any atom is 0.296 e. The smallest absolute Gasteiger partial charge is 0.296 e. The van der Waals surface area contributed by atoms with E-state index in [0.29, 0.717) is 23.6 Å². The molecule has 180 valence electrons. The number of hydrogen-bond acceptors (Lipinski definition) is 6. The SMILES string of the molecule is CCCOc1ccc(/C(O)=C2/C(=O)C(=O)N(Cc3ccccn3)C2c2ccc(N(C)C)cc2)cc1. The van der Waals surface area contributed by atoms with Crippen LogP contribution in [0.4, 0.5) is 5.69 Å². The molecule has 0 radical (unpaired) electrons. The molecule has 1 aliphatic rings. The number of Topliss-reactive ketones (excluding diaryl/α,β-unsaturated/α-hetero) is 1.